The quantitative estimate of drug-likeness (QED) is 0.251. The van der Waals surface area contributed by atoms with Gasteiger partial charge in [-0.3, -0.25) is 10.1 Å². The highest BCUT2D eigenvalue weighted by molar-refractivity contribution is 7.99. The van der Waals surface area contributed by atoms with Gasteiger partial charge < -0.3 is 0 Å². The fraction of sp³-hybridized carbons (Fsp3) is 0.200. The predicted octanol–water partition coefficient (Wildman–Crippen LogP) is 2.71. The molecular weight excluding hydrogens is 198 g/mol. The van der Waals surface area contributed by atoms with Gasteiger partial charge in [0.15, 0.2) is 0 Å². The summed E-state index contributed by atoms with van der Waals surface area (Å²) in [5.41, 5.74) is 0.117. The number of rotatable bonds is 4. The summed E-state index contributed by atoms with van der Waals surface area (Å²) in [4.78, 5) is 10.9. The molecule has 0 spiro atoms. The first kappa shape index (κ1) is 10.6. The van der Waals surface area contributed by atoms with Crippen molar-refractivity contribution in [3.05, 3.63) is 34.4 Å². The Balaban J connectivity index is 2.56. The molecule has 0 saturated carbocycles. The number of hydrogen-bond acceptors (Lipinski definition) is 3. The van der Waals surface area contributed by atoms with Crippen LogP contribution in [0.4, 0.5) is 5.69 Å². The third-order valence-electron chi connectivity index (χ3n) is 1.56. The Kier molecular flexibility index (Phi) is 4.02. The van der Waals surface area contributed by atoms with E-state index in [0.717, 1.165) is 10.6 Å². The van der Waals surface area contributed by atoms with Crippen LogP contribution in [0, 0.1) is 22.5 Å². The molecule has 4 heteroatoms. The molecule has 0 aliphatic rings. The Morgan fingerprint density at radius 2 is 2.07 bits per heavy atom. The average Bonchev–Trinajstić information content (AvgIpc) is 2.19. The van der Waals surface area contributed by atoms with Crippen LogP contribution < -0.4 is 0 Å². The number of nitrogens with zero attached hydrogens (tertiary/aromatic N) is 1. The molecule has 0 radical (unpaired) electrons. The van der Waals surface area contributed by atoms with E-state index in [1.54, 1.807) is 23.9 Å². The molecule has 0 N–H and O–H groups in total. The summed E-state index contributed by atoms with van der Waals surface area (Å²) in [6.07, 6.45) is 5.81. The van der Waals surface area contributed by atoms with Crippen molar-refractivity contribution >= 4 is 17.4 Å². The summed E-state index contributed by atoms with van der Waals surface area (Å²) in [7, 11) is 0. The van der Waals surface area contributed by atoms with Crippen LogP contribution in [0.5, 0.6) is 0 Å². The highest BCUT2D eigenvalue weighted by atomic mass is 32.2. The van der Waals surface area contributed by atoms with Crippen LogP contribution in [0.25, 0.3) is 0 Å². The Morgan fingerprint density at radius 3 is 2.57 bits per heavy atom. The van der Waals surface area contributed by atoms with E-state index in [-0.39, 0.29) is 5.69 Å². The Bertz CT molecular complexity index is 353. The summed E-state index contributed by atoms with van der Waals surface area (Å²) in [5.74, 6) is 3.38. The van der Waals surface area contributed by atoms with Crippen molar-refractivity contribution in [2.24, 2.45) is 0 Å². The van der Waals surface area contributed by atoms with Crippen LogP contribution in [-0.2, 0) is 0 Å². The second-order valence-corrected chi connectivity index (χ2v) is 3.72. The van der Waals surface area contributed by atoms with E-state index < -0.39 is 4.92 Å². The van der Waals surface area contributed by atoms with Gasteiger partial charge in [-0.15, -0.1) is 24.1 Å². The lowest BCUT2D eigenvalue weighted by atomic mass is 10.3. The zero-order valence-electron chi connectivity index (χ0n) is 7.47. The molecule has 0 fully saturated rings. The minimum Gasteiger partial charge on any atom is -0.258 e. The lowest BCUT2D eigenvalue weighted by Gasteiger charge is -1.97. The lowest BCUT2D eigenvalue weighted by molar-refractivity contribution is -0.384. The van der Waals surface area contributed by atoms with Gasteiger partial charge in [0.05, 0.1) is 4.92 Å². The lowest BCUT2D eigenvalue weighted by Crippen LogP contribution is -1.86. The number of thioether (sulfide) groups is 1. The number of terminal acetylenes is 1. The van der Waals surface area contributed by atoms with Gasteiger partial charge in [0.1, 0.15) is 0 Å². The van der Waals surface area contributed by atoms with Crippen LogP contribution in [-0.4, -0.2) is 10.7 Å². The van der Waals surface area contributed by atoms with Crippen LogP contribution in [0.2, 0.25) is 0 Å². The van der Waals surface area contributed by atoms with Crippen LogP contribution in [0.3, 0.4) is 0 Å². The molecule has 72 valence electrons. The fourth-order valence-electron chi connectivity index (χ4n) is 0.892. The average molecular weight is 207 g/mol. The van der Waals surface area contributed by atoms with Gasteiger partial charge in [-0.2, -0.15) is 0 Å². The molecule has 0 heterocycles. The van der Waals surface area contributed by atoms with Gasteiger partial charge >= 0.3 is 0 Å². The molecule has 0 atom stereocenters. The van der Waals surface area contributed by atoms with Crippen LogP contribution in [0.1, 0.15) is 6.42 Å². The second-order valence-electron chi connectivity index (χ2n) is 2.55. The van der Waals surface area contributed by atoms with Crippen LogP contribution in [0.15, 0.2) is 29.2 Å². The molecule has 0 bridgehead atoms. The maximum absolute atomic E-state index is 10.3. The maximum Gasteiger partial charge on any atom is 0.269 e. The van der Waals surface area contributed by atoms with Gasteiger partial charge in [0.25, 0.3) is 5.69 Å². The van der Waals surface area contributed by atoms with Gasteiger partial charge in [-0.05, 0) is 12.1 Å². The summed E-state index contributed by atoms with van der Waals surface area (Å²) < 4.78 is 0. The number of benzene rings is 1. The first-order valence-electron chi connectivity index (χ1n) is 4.05. The topological polar surface area (TPSA) is 43.1 Å². The Hall–Kier alpha value is -1.47. The third kappa shape index (κ3) is 3.11. The SMILES string of the molecule is C#CCCSc1ccc([N+](=O)[O-])cc1. The largest absolute Gasteiger partial charge is 0.269 e. The molecule has 0 aliphatic heterocycles. The van der Waals surface area contributed by atoms with Crippen molar-refractivity contribution in [1.82, 2.24) is 0 Å². The van der Waals surface area contributed by atoms with Crippen molar-refractivity contribution in [2.45, 2.75) is 11.3 Å². The first-order chi connectivity index (χ1) is 6.74. The fourth-order valence-corrected chi connectivity index (χ4v) is 1.68. The molecule has 0 aliphatic carbocycles. The van der Waals surface area contributed by atoms with Crippen molar-refractivity contribution in [3.63, 3.8) is 0 Å². The van der Waals surface area contributed by atoms with E-state index >= 15 is 0 Å². The standard InChI is InChI=1S/C10H9NO2S/c1-2-3-8-14-10-6-4-9(5-7-10)11(12)13/h1,4-7H,3,8H2. The van der Waals surface area contributed by atoms with E-state index in [1.165, 1.54) is 12.1 Å². The highest BCUT2D eigenvalue weighted by Gasteiger charge is 2.03. The molecule has 3 nitrogen and oxygen atoms in total. The van der Waals surface area contributed by atoms with Gasteiger partial charge in [-0.1, -0.05) is 0 Å². The summed E-state index contributed by atoms with van der Waals surface area (Å²) in [6, 6.07) is 6.47. The summed E-state index contributed by atoms with van der Waals surface area (Å²) in [6.45, 7) is 0. The Labute approximate surface area is 86.7 Å². The molecule has 0 aromatic heterocycles. The number of nitro groups is 1. The third-order valence-corrected chi connectivity index (χ3v) is 2.58. The minimum atomic E-state index is -0.407. The van der Waals surface area contributed by atoms with E-state index in [0.29, 0.717) is 6.42 Å². The van der Waals surface area contributed by atoms with E-state index in [9.17, 15) is 10.1 Å². The molecule has 0 saturated heterocycles. The maximum atomic E-state index is 10.3. The highest BCUT2D eigenvalue weighted by Crippen LogP contribution is 2.21. The van der Waals surface area contributed by atoms with Gasteiger partial charge in [0.2, 0.25) is 0 Å². The monoisotopic (exact) mass is 207 g/mol. The van der Waals surface area contributed by atoms with E-state index in [1.807, 2.05) is 0 Å². The van der Waals surface area contributed by atoms with Crippen molar-refractivity contribution in [3.8, 4) is 12.3 Å². The van der Waals surface area contributed by atoms with Gasteiger partial charge in [-0.25, -0.2) is 0 Å². The number of non-ortho nitro benzene ring substituents is 1. The molecule has 1 aromatic rings. The predicted molar refractivity (Wildman–Crippen MR) is 57.3 cm³/mol. The zero-order chi connectivity index (χ0) is 10.4. The van der Waals surface area contributed by atoms with Crippen LogP contribution >= 0.6 is 11.8 Å². The molecular formula is C10H9NO2S. The molecule has 1 aromatic carbocycles. The number of hydrogen-bond donors (Lipinski definition) is 0. The number of nitro benzene ring substituents is 1. The van der Waals surface area contributed by atoms with E-state index in [4.69, 9.17) is 6.42 Å². The summed E-state index contributed by atoms with van der Waals surface area (Å²) in [5, 5.41) is 10.3. The molecule has 0 unspecified atom stereocenters. The van der Waals surface area contributed by atoms with Crippen molar-refractivity contribution < 1.29 is 4.92 Å². The molecule has 0 amide bonds. The Morgan fingerprint density at radius 1 is 1.43 bits per heavy atom. The van der Waals surface area contributed by atoms with E-state index in [2.05, 4.69) is 5.92 Å². The summed E-state index contributed by atoms with van der Waals surface area (Å²) >= 11 is 1.60. The van der Waals surface area contributed by atoms with Gasteiger partial charge in [0, 0.05) is 29.2 Å². The molecule has 1 rings (SSSR count). The first-order valence-corrected chi connectivity index (χ1v) is 5.03. The normalized spacial score (nSPS) is 9.36. The minimum absolute atomic E-state index is 0.117. The van der Waals surface area contributed by atoms with Crippen molar-refractivity contribution in [1.29, 1.82) is 0 Å². The van der Waals surface area contributed by atoms with Crippen molar-refractivity contribution in [2.75, 3.05) is 5.75 Å². The molecule has 14 heavy (non-hydrogen) atoms. The second kappa shape index (κ2) is 5.30. The smallest absolute Gasteiger partial charge is 0.258 e. The zero-order valence-corrected chi connectivity index (χ0v) is 8.29.